The van der Waals surface area contributed by atoms with Crippen LogP contribution in [0.2, 0.25) is 0 Å². The molecule has 18 heavy (non-hydrogen) atoms. The average Bonchev–Trinajstić information content (AvgIpc) is 2.38. The normalized spacial score (nSPS) is 10.7. The van der Waals surface area contributed by atoms with Crippen molar-refractivity contribution in [3.8, 4) is 17.0 Å². The van der Waals surface area contributed by atoms with Crippen molar-refractivity contribution < 1.29 is 5.11 Å². The minimum atomic E-state index is -0.134. The van der Waals surface area contributed by atoms with Gasteiger partial charge in [0, 0.05) is 23.2 Å². The largest absolute Gasteiger partial charge is 0.508 e. The highest BCUT2D eigenvalue weighted by molar-refractivity contribution is 5.91. The molecule has 2 N–H and O–H groups in total. The van der Waals surface area contributed by atoms with Crippen LogP contribution in [0, 0.1) is 0 Å². The van der Waals surface area contributed by atoms with Crippen molar-refractivity contribution in [2.75, 3.05) is 0 Å². The van der Waals surface area contributed by atoms with Gasteiger partial charge < -0.3 is 10.1 Å². The Kier molecular flexibility index (Phi) is 2.34. The van der Waals surface area contributed by atoms with Gasteiger partial charge in [0.25, 0.3) is 0 Å². The number of phenols is 1. The van der Waals surface area contributed by atoms with Gasteiger partial charge in [-0.1, -0.05) is 0 Å². The summed E-state index contributed by atoms with van der Waals surface area (Å²) in [5, 5.41) is 10.2. The topological polar surface area (TPSA) is 66.0 Å². The fourth-order valence-corrected chi connectivity index (χ4v) is 1.93. The van der Waals surface area contributed by atoms with E-state index in [1.807, 2.05) is 0 Å². The molecule has 2 heterocycles. The van der Waals surface area contributed by atoms with E-state index >= 15 is 0 Å². The van der Waals surface area contributed by atoms with Gasteiger partial charge in [-0.15, -0.1) is 0 Å². The van der Waals surface area contributed by atoms with Crippen molar-refractivity contribution in [3.05, 3.63) is 59.0 Å². The van der Waals surface area contributed by atoms with Crippen molar-refractivity contribution in [3.63, 3.8) is 0 Å². The molecular weight excluding hydrogens is 228 g/mol. The number of aromatic nitrogens is 2. The lowest BCUT2D eigenvalue weighted by Gasteiger charge is -2.05. The molecule has 3 aromatic rings. The molecule has 0 spiro atoms. The van der Waals surface area contributed by atoms with Gasteiger partial charge in [0.1, 0.15) is 5.75 Å². The van der Waals surface area contributed by atoms with Crippen LogP contribution < -0.4 is 5.56 Å². The number of benzene rings is 1. The summed E-state index contributed by atoms with van der Waals surface area (Å²) in [6.45, 7) is 0. The molecule has 0 atom stereocenters. The van der Waals surface area contributed by atoms with E-state index in [0.29, 0.717) is 0 Å². The Labute approximate surface area is 103 Å². The van der Waals surface area contributed by atoms with Crippen LogP contribution in [0.3, 0.4) is 0 Å². The summed E-state index contributed by atoms with van der Waals surface area (Å²) in [6.07, 6.45) is 1.65. The van der Waals surface area contributed by atoms with Gasteiger partial charge >= 0.3 is 0 Å². The zero-order chi connectivity index (χ0) is 12.5. The standard InChI is InChI=1S/C14H10N2O2/c17-10-3-1-9(2-4-10)14-11-5-6-13(18)16-12(11)7-8-15-14/h1-8,17H,(H,16,18). The third-order valence-electron chi connectivity index (χ3n) is 2.79. The molecule has 0 aliphatic heterocycles. The lowest BCUT2D eigenvalue weighted by Crippen LogP contribution is -2.03. The van der Waals surface area contributed by atoms with Gasteiger partial charge in [-0.25, -0.2) is 0 Å². The second kappa shape index (κ2) is 4.00. The molecule has 0 unspecified atom stereocenters. The number of H-pyrrole nitrogens is 1. The molecule has 3 rings (SSSR count). The third-order valence-corrected chi connectivity index (χ3v) is 2.79. The van der Waals surface area contributed by atoms with Crippen molar-refractivity contribution in [2.45, 2.75) is 0 Å². The maximum absolute atomic E-state index is 11.3. The van der Waals surface area contributed by atoms with Crippen molar-refractivity contribution in [1.29, 1.82) is 0 Å². The van der Waals surface area contributed by atoms with E-state index in [0.717, 1.165) is 22.2 Å². The number of phenolic OH excluding ortho intramolecular Hbond substituents is 1. The van der Waals surface area contributed by atoms with Crippen LogP contribution in [0.1, 0.15) is 0 Å². The van der Waals surface area contributed by atoms with Crippen LogP contribution in [-0.4, -0.2) is 15.1 Å². The predicted octanol–water partition coefficient (Wildman–Crippen LogP) is 2.30. The van der Waals surface area contributed by atoms with Crippen LogP contribution in [0.25, 0.3) is 22.2 Å². The monoisotopic (exact) mass is 238 g/mol. The van der Waals surface area contributed by atoms with E-state index in [9.17, 15) is 9.90 Å². The minimum absolute atomic E-state index is 0.134. The highest BCUT2D eigenvalue weighted by atomic mass is 16.3. The molecule has 0 saturated heterocycles. The number of aromatic amines is 1. The number of fused-ring (bicyclic) bond motifs is 1. The number of aromatic hydroxyl groups is 1. The van der Waals surface area contributed by atoms with E-state index in [-0.39, 0.29) is 11.3 Å². The summed E-state index contributed by atoms with van der Waals surface area (Å²) < 4.78 is 0. The van der Waals surface area contributed by atoms with Crippen molar-refractivity contribution >= 4 is 10.9 Å². The van der Waals surface area contributed by atoms with Crippen molar-refractivity contribution in [2.24, 2.45) is 0 Å². The predicted molar refractivity (Wildman–Crippen MR) is 69.5 cm³/mol. The molecule has 0 bridgehead atoms. The second-order valence-corrected chi connectivity index (χ2v) is 3.99. The van der Waals surface area contributed by atoms with Gasteiger partial charge in [-0.3, -0.25) is 9.78 Å². The summed E-state index contributed by atoms with van der Waals surface area (Å²) in [5.41, 5.74) is 2.29. The van der Waals surface area contributed by atoms with Gasteiger partial charge in [0.2, 0.25) is 5.56 Å². The lowest BCUT2D eigenvalue weighted by molar-refractivity contribution is 0.475. The van der Waals surface area contributed by atoms with E-state index in [4.69, 9.17) is 0 Å². The maximum Gasteiger partial charge on any atom is 0.248 e. The Morgan fingerprint density at radius 2 is 1.78 bits per heavy atom. The van der Waals surface area contributed by atoms with Crippen LogP contribution in [0.15, 0.2) is 53.5 Å². The van der Waals surface area contributed by atoms with Gasteiger partial charge in [0.05, 0.1) is 11.2 Å². The Hall–Kier alpha value is -2.62. The molecular formula is C14H10N2O2. The highest BCUT2D eigenvalue weighted by Gasteiger charge is 2.05. The smallest absolute Gasteiger partial charge is 0.248 e. The summed E-state index contributed by atoms with van der Waals surface area (Å²) in [5.74, 6) is 0.215. The highest BCUT2D eigenvalue weighted by Crippen LogP contribution is 2.25. The molecule has 4 nitrogen and oxygen atoms in total. The third kappa shape index (κ3) is 1.73. The van der Waals surface area contributed by atoms with E-state index in [1.165, 1.54) is 6.07 Å². The molecule has 0 aliphatic rings. The zero-order valence-electron chi connectivity index (χ0n) is 9.42. The summed E-state index contributed by atoms with van der Waals surface area (Å²) >= 11 is 0. The maximum atomic E-state index is 11.3. The van der Waals surface area contributed by atoms with Crippen LogP contribution in [-0.2, 0) is 0 Å². The second-order valence-electron chi connectivity index (χ2n) is 3.99. The zero-order valence-corrected chi connectivity index (χ0v) is 9.42. The molecule has 0 aliphatic carbocycles. The molecule has 0 amide bonds. The summed E-state index contributed by atoms with van der Waals surface area (Å²) in [4.78, 5) is 18.4. The number of pyridine rings is 2. The fourth-order valence-electron chi connectivity index (χ4n) is 1.93. The first-order valence-electron chi connectivity index (χ1n) is 5.51. The fraction of sp³-hybridized carbons (Fsp3) is 0. The van der Waals surface area contributed by atoms with Crippen molar-refractivity contribution in [1.82, 2.24) is 9.97 Å². The number of rotatable bonds is 1. The Morgan fingerprint density at radius 1 is 1.00 bits per heavy atom. The van der Waals surface area contributed by atoms with E-state index < -0.39 is 0 Å². The molecule has 0 fully saturated rings. The first-order valence-corrected chi connectivity index (χ1v) is 5.51. The Bertz CT molecular complexity index is 761. The number of nitrogens with one attached hydrogen (secondary N) is 1. The van der Waals surface area contributed by atoms with E-state index in [2.05, 4.69) is 9.97 Å². The van der Waals surface area contributed by atoms with Gasteiger partial charge in [-0.05, 0) is 36.4 Å². The number of hydrogen-bond donors (Lipinski definition) is 2. The SMILES string of the molecule is O=c1ccc2c(-c3ccc(O)cc3)nccc2[nH]1. The van der Waals surface area contributed by atoms with Gasteiger partial charge in [0.15, 0.2) is 0 Å². The molecule has 4 heteroatoms. The van der Waals surface area contributed by atoms with Crippen LogP contribution in [0.5, 0.6) is 5.75 Å². The Balaban J connectivity index is 2.29. The molecule has 0 radical (unpaired) electrons. The molecule has 1 aromatic carbocycles. The summed E-state index contributed by atoms with van der Waals surface area (Å²) in [6, 6.07) is 11.8. The molecule has 2 aromatic heterocycles. The van der Waals surface area contributed by atoms with E-state index in [1.54, 1.807) is 42.6 Å². The van der Waals surface area contributed by atoms with Crippen LogP contribution in [0.4, 0.5) is 0 Å². The number of nitrogens with zero attached hydrogens (tertiary/aromatic N) is 1. The Morgan fingerprint density at radius 3 is 2.56 bits per heavy atom. The van der Waals surface area contributed by atoms with Gasteiger partial charge in [-0.2, -0.15) is 0 Å². The summed E-state index contributed by atoms with van der Waals surface area (Å²) in [7, 11) is 0. The molecule has 88 valence electrons. The first-order chi connectivity index (χ1) is 8.74. The molecule has 0 saturated carbocycles. The average molecular weight is 238 g/mol. The first kappa shape index (κ1) is 10.5. The number of hydrogen-bond acceptors (Lipinski definition) is 3. The van der Waals surface area contributed by atoms with Crippen LogP contribution >= 0.6 is 0 Å². The lowest BCUT2D eigenvalue weighted by atomic mass is 10.1. The minimum Gasteiger partial charge on any atom is -0.508 e. The quantitative estimate of drug-likeness (QED) is 0.683.